The molecule has 0 radical (unpaired) electrons. The number of hydrogen-bond donors (Lipinski definition) is 0. The van der Waals surface area contributed by atoms with Crippen LogP contribution in [0, 0.1) is 0 Å². The topological polar surface area (TPSA) is 20.3 Å². The Kier molecular flexibility index (Phi) is 4.31. The molecule has 0 bridgehead atoms. The van der Waals surface area contributed by atoms with Gasteiger partial charge in [-0.2, -0.15) is 0 Å². The molecule has 1 fully saturated rings. The number of piperidine rings is 1. The van der Waals surface area contributed by atoms with E-state index in [1.165, 1.54) is 12.0 Å². The minimum Gasteiger partial charge on any atom is -0.300 e. The molecule has 2 aliphatic rings. The van der Waals surface area contributed by atoms with E-state index in [1.54, 1.807) is 0 Å². The van der Waals surface area contributed by atoms with Gasteiger partial charge in [0.2, 0.25) is 0 Å². The molecule has 0 aromatic heterocycles. The zero-order chi connectivity index (χ0) is 13.8. The maximum absolute atomic E-state index is 12.0. The van der Waals surface area contributed by atoms with Crippen LogP contribution < -0.4 is 0 Å². The number of carbonyl (C=O) groups excluding carboxylic acids is 1. The van der Waals surface area contributed by atoms with E-state index in [1.807, 2.05) is 0 Å². The molecule has 20 heavy (non-hydrogen) atoms. The Labute approximate surface area is 121 Å². The maximum atomic E-state index is 12.0. The fourth-order valence-corrected chi connectivity index (χ4v) is 3.50. The van der Waals surface area contributed by atoms with Crippen LogP contribution in [0.25, 0.3) is 0 Å². The van der Waals surface area contributed by atoms with Crippen molar-refractivity contribution in [3.05, 3.63) is 48.0 Å². The summed E-state index contributed by atoms with van der Waals surface area (Å²) in [6.07, 6.45) is 10.5. The summed E-state index contributed by atoms with van der Waals surface area (Å²) >= 11 is 0. The summed E-state index contributed by atoms with van der Waals surface area (Å²) in [5.74, 6) is 0.441. The third-order valence-corrected chi connectivity index (χ3v) is 4.55. The quantitative estimate of drug-likeness (QED) is 0.784. The number of allylic oxidation sites excluding steroid dienone is 1. The van der Waals surface area contributed by atoms with E-state index in [4.69, 9.17) is 0 Å². The number of aryl methyl sites for hydroxylation is 1. The van der Waals surface area contributed by atoms with Gasteiger partial charge in [0, 0.05) is 24.9 Å². The van der Waals surface area contributed by atoms with Crippen molar-refractivity contribution in [2.75, 3.05) is 6.54 Å². The Hall–Kier alpha value is -1.41. The first-order chi connectivity index (χ1) is 9.83. The van der Waals surface area contributed by atoms with Gasteiger partial charge in [-0.1, -0.05) is 42.5 Å². The van der Waals surface area contributed by atoms with Crippen molar-refractivity contribution in [1.82, 2.24) is 4.90 Å². The van der Waals surface area contributed by atoms with Gasteiger partial charge in [0.05, 0.1) is 0 Å². The summed E-state index contributed by atoms with van der Waals surface area (Å²) in [4.78, 5) is 14.6. The van der Waals surface area contributed by atoms with Crippen molar-refractivity contribution in [3.8, 4) is 0 Å². The molecule has 106 valence electrons. The third kappa shape index (κ3) is 3.18. The number of carbonyl (C=O) groups is 1. The van der Waals surface area contributed by atoms with E-state index >= 15 is 0 Å². The minimum atomic E-state index is 0.361. The second kappa shape index (κ2) is 6.36. The first-order valence-corrected chi connectivity index (χ1v) is 7.81. The number of rotatable bonds is 3. The molecular formula is C18H23NO. The van der Waals surface area contributed by atoms with Crippen molar-refractivity contribution in [3.63, 3.8) is 0 Å². The van der Waals surface area contributed by atoms with Gasteiger partial charge in [0.15, 0.2) is 0 Å². The van der Waals surface area contributed by atoms with Crippen LogP contribution in [0.1, 0.15) is 37.7 Å². The number of Topliss-reactive ketones (excluding diaryl/α,β-unsaturated/α-hetero) is 1. The summed E-state index contributed by atoms with van der Waals surface area (Å²) in [5, 5.41) is 0. The Morgan fingerprint density at radius 1 is 1.15 bits per heavy atom. The minimum absolute atomic E-state index is 0.361. The van der Waals surface area contributed by atoms with Crippen molar-refractivity contribution in [1.29, 1.82) is 0 Å². The highest BCUT2D eigenvalue weighted by Crippen LogP contribution is 2.27. The lowest BCUT2D eigenvalue weighted by atomic mass is 9.90. The monoisotopic (exact) mass is 269 g/mol. The molecule has 2 heterocycles. The van der Waals surface area contributed by atoms with Gasteiger partial charge in [-0.3, -0.25) is 9.69 Å². The standard InChI is InChI=1S/C18H23NO/c20-18-13-16-9-5-2-6-12-19(16)17(14-18)11-10-15-7-3-1-4-8-15/h1,3-5,7-9,16-17H,2,6,10-14H2/t16-,17-/m1/s1. The first kappa shape index (κ1) is 13.6. The Bertz CT molecular complexity index is 479. The van der Waals surface area contributed by atoms with Crippen LogP contribution >= 0.6 is 0 Å². The zero-order valence-corrected chi connectivity index (χ0v) is 12.0. The Balaban J connectivity index is 1.67. The van der Waals surface area contributed by atoms with Crippen LogP contribution in [0.15, 0.2) is 42.5 Å². The number of benzene rings is 1. The molecular weight excluding hydrogens is 246 g/mol. The molecule has 0 unspecified atom stereocenters. The molecule has 1 aromatic rings. The average molecular weight is 269 g/mol. The SMILES string of the molecule is O=C1C[C@@H](CCc2ccccc2)N2CCCC=C[C@@H]2C1. The van der Waals surface area contributed by atoms with E-state index in [2.05, 4.69) is 47.4 Å². The van der Waals surface area contributed by atoms with E-state index in [0.29, 0.717) is 17.9 Å². The molecule has 2 aliphatic heterocycles. The second-order valence-corrected chi connectivity index (χ2v) is 6.00. The summed E-state index contributed by atoms with van der Waals surface area (Å²) in [7, 11) is 0. The predicted octanol–water partition coefficient (Wildman–Crippen LogP) is 3.37. The van der Waals surface area contributed by atoms with Gasteiger partial charge in [-0.25, -0.2) is 0 Å². The lowest BCUT2D eigenvalue weighted by molar-refractivity contribution is -0.124. The van der Waals surface area contributed by atoms with Crippen LogP contribution in [-0.4, -0.2) is 29.3 Å². The average Bonchev–Trinajstić information content (AvgIpc) is 2.71. The van der Waals surface area contributed by atoms with Crippen LogP contribution in [0.5, 0.6) is 0 Å². The molecule has 3 rings (SSSR count). The van der Waals surface area contributed by atoms with E-state index in [0.717, 1.165) is 38.6 Å². The second-order valence-electron chi connectivity index (χ2n) is 6.00. The lowest BCUT2D eigenvalue weighted by Crippen LogP contribution is -2.48. The lowest BCUT2D eigenvalue weighted by Gasteiger charge is -2.39. The van der Waals surface area contributed by atoms with Crippen LogP contribution in [0.3, 0.4) is 0 Å². The van der Waals surface area contributed by atoms with Crippen LogP contribution in [0.4, 0.5) is 0 Å². The first-order valence-electron chi connectivity index (χ1n) is 7.81. The molecule has 0 N–H and O–H groups in total. The number of nitrogens with zero attached hydrogens (tertiary/aromatic N) is 1. The Morgan fingerprint density at radius 3 is 2.85 bits per heavy atom. The van der Waals surface area contributed by atoms with Crippen LogP contribution in [0.2, 0.25) is 0 Å². The van der Waals surface area contributed by atoms with Crippen molar-refractivity contribution < 1.29 is 4.79 Å². The molecule has 1 aromatic carbocycles. The molecule has 2 atom stereocenters. The van der Waals surface area contributed by atoms with Crippen LogP contribution in [-0.2, 0) is 11.2 Å². The summed E-state index contributed by atoms with van der Waals surface area (Å²) in [6, 6.07) is 11.4. The number of hydrogen-bond acceptors (Lipinski definition) is 2. The maximum Gasteiger partial charge on any atom is 0.136 e. The van der Waals surface area contributed by atoms with Gasteiger partial charge in [-0.15, -0.1) is 0 Å². The van der Waals surface area contributed by atoms with Gasteiger partial charge < -0.3 is 0 Å². The van der Waals surface area contributed by atoms with Gasteiger partial charge >= 0.3 is 0 Å². The molecule has 0 saturated carbocycles. The van der Waals surface area contributed by atoms with E-state index in [-0.39, 0.29) is 0 Å². The van der Waals surface area contributed by atoms with Gasteiger partial charge in [-0.05, 0) is 37.8 Å². The smallest absolute Gasteiger partial charge is 0.136 e. The van der Waals surface area contributed by atoms with Crippen molar-refractivity contribution in [2.24, 2.45) is 0 Å². The largest absolute Gasteiger partial charge is 0.300 e. The molecule has 2 nitrogen and oxygen atoms in total. The van der Waals surface area contributed by atoms with E-state index in [9.17, 15) is 4.79 Å². The number of fused-ring (bicyclic) bond motifs is 1. The zero-order valence-electron chi connectivity index (χ0n) is 12.0. The van der Waals surface area contributed by atoms with E-state index < -0.39 is 0 Å². The fourth-order valence-electron chi connectivity index (χ4n) is 3.50. The fraction of sp³-hybridized carbons (Fsp3) is 0.500. The summed E-state index contributed by atoms with van der Waals surface area (Å²) < 4.78 is 0. The highest BCUT2D eigenvalue weighted by Gasteiger charge is 2.33. The highest BCUT2D eigenvalue weighted by atomic mass is 16.1. The Morgan fingerprint density at radius 2 is 2.00 bits per heavy atom. The third-order valence-electron chi connectivity index (χ3n) is 4.55. The van der Waals surface area contributed by atoms with Gasteiger partial charge in [0.25, 0.3) is 0 Å². The highest BCUT2D eigenvalue weighted by molar-refractivity contribution is 5.80. The molecule has 0 amide bonds. The van der Waals surface area contributed by atoms with Crippen molar-refractivity contribution in [2.45, 2.75) is 50.6 Å². The number of ketones is 1. The summed E-state index contributed by atoms with van der Waals surface area (Å²) in [5.41, 5.74) is 1.38. The summed E-state index contributed by atoms with van der Waals surface area (Å²) in [6.45, 7) is 1.14. The van der Waals surface area contributed by atoms with Crippen molar-refractivity contribution >= 4 is 5.78 Å². The molecule has 2 heteroatoms. The molecule has 1 saturated heterocycles. The molecule has 0 aliphatic carbocycles. The normalized spacial score (nSPS) is 27.1. The predicted molar refractivity (Wildman–Crippen MR) is 81.7 cm³/mol. The molecule has 0 spiro atoms. The van der Waals surface area contributed by atoms with Gasteiger partial charge in [0.1, 0.15) is 5.78 Å².